The molecule has 2 atom stereocenters. The molecule has 1 nitrogen and oxygen atoms in total. The van der Waals surface area contributed by atoms with Crippen LogP contribution in [0.3, 0.4) is 0 Å². The van der Waals surface area contributed by atoms with E-state index >= 15 is 0 Å². The Kier molecular flexibility index (Phi) is 2.61. The molecule has 1 saturated carbocycles. The van der Waals surface area contributed by atoms with E-state index < -0.39 is 9.76 Å². The second-order valence-corrected chi connectivity index (χ2v) is 6.43. The van der Waals surface area contributed by atoms with Crippen molar-refractivity contribution < 1.29 is 4.80 Å². The van der Waals surface area contributed by atoms with E-state index in [4.69, 9.17) is 0 Å². The molecule has 3 rings (SSSR count). The lowest BCUT2D eigenvalue weighted by Crippen LogP contribution is -2.18. The van der Waals surface area contributed by atoms with E-state index in [1.807, 2.05) is 12.1 Å². The highest BCUT2D eigenvalue weighted by atomic mass is 28.2. The molecule has 0 radical (unpaired) electrons. The molecular formula is C15H16OSi. The maximum atomic E-state index is 9.88. The van der Waals surface area contributed by atoms with Crippen molar-refractivity contribution in [1.82, 2.24) is 0 Å². The third-order valence-corrected chi connectivity index (χ3v) is 5.66. The predicted molar refractivity (Wildman–Crippen MR) is 72.7 cm³/mol. The van der Waals surface area contributed by atoms with Crippen molar-refractivity contribution in [2.45, 2.75) is 17.4 Å². The molecule has 1 fully saturated rings. The van der Waals surface area contributed by atoms with E-state index in [-0.39, 0.29) is 5.04 Å². The lowest BCUT2D eigenvalue weighted by atomic mass is 10.0. The molecule has 0 heterocycles. The lowest BCUT2D eigenvalue weighted by Gasteiger charge is -2.14. The fourth-order valence-corrected chi connectivity index (χ4v) is 4.07. The van der Waals surface area contributed by atoms with Crippen molar-refractivity contribution in [2.24, 2.45) is 0 Å². The zero-order valence-corrected chi connectivity index (χ0v) is 11.1. The molecule has 1 aliphatic rings. The summed E-state index contributed by atoms with van der Waals surface area (Å²) in [6, 6.07) is 21.1. The van der Waals surface area contributed by atoms with E-state index in [1.54, 1.807) is 0 Å². The zero-order valence-electron chi connectivity index (χ0n) is 9.71. The molecule has 0 bridgehead atoms. The van der Waals surface area contributed by atoms with Gasteiger partial charge in [0.1, 0.15) is 0 Å². The van der Waals surface area contributed by atoms with Crippen LogP contribution in [0, 0.1) is 0 Å². The Hall–Kier alpha value is -1.38. The number of hydrogen-bond acceptors (Lipinski definition) is 1. The third-order valence-electron chi connectivity index (χ3n) is 3.91. The van der Waals surface area contributed by atoms with Crippen molar-refractivity contribution in [3.8, 4) is 0 Å². The molecule has 0 aromatic heterocycles. The molecule has 2 aromatic rings. The first-order chi connectivity index (χ1) is 8.37. The first kappa shape index (κ1) is 10.8. The number of benzene rings is 2. The van der Waals surface area contributed by atoms with Crippen molar-refractivity contribution in [1.29, 1.82) is 0 Å². The van der Waals surface area contributed by atoms with Crippen LogP contribution in [0.4, 0.5) is 0 Å². The van der Waals surface area contributed by atoms with Gasteiger partial charge >= 0.3 is 0 Å². The van der Waals surface area contributed by atoms with Gasteiger partial charge in [0.25, 0.3) is 0 Å². The third kappa shape index (κ3) is 1.74. The van der Waals surface area contributed by atoms with Crippen LogP contribution in [0.1, 0.15) is 23.5 Å². The molecule has 2 heteroatoms. The largest absolute Gasteiger partial charge is 0.437 e. The Bertz CT molecular complexity index is 497. The van der Waals surface area contributed by atoms with Gasteiger partial charge in [-0.3, -0.25) is 0 Å². The Balaban J connectivity index is 1.94. The van der Waals surface area contributed by atoms with Gasteiger partial charge in [-0.05, 0) is 23.5 Å². The SMILES string of the molecule is O[SiH2]C1(c2ccccc2)CC1c1ccccc1. The summed E-state index contributed by atoms with van der Waals surface area (Å²) < 4.78 is 0. The van der Waals surface area contributed by atoms with Crippen LogP contribution in [-0.2, 0) is 5.04 Å². The van der Waals surface area contributed by atoms with Crippen LogP contribution in [0.5, 0.6) is 0 Å². The first-order valence-corrected chi connectivity index (χ1v) is 7.42. The van der Waals surface area contributed by atoms with E-state index in [2.05, 4.69) is 48.5 Å². The molecular weight excluding hydrogens is 224 g/mol. The Labute approximate surface area is 104 Å². The van der Waals surface area contributed by atoms with Gasteiger partial charge < -0.3 is 4.80 Å². The fraction of sp³-hybridized carbons (Fsp3) is 0.200. The topological polar surface area (TPSA) is 20.2 Å². The van der Waals surface area contributed by atoms with E-state index in [0.717, 1.165) is 6.42 Å². The molecule has 2 aromatic carbocycles. The van der Waals surface area contributed by atoms with Gasteiger partial charge in [0.2, 0.25) is 0 Å². The maximum Gasteiger partial charge on any atom is 0.167 e. The monoisotopic (exact) mass is 240 g/mol. The summed E-state index contributed by atoms with van der Waals surface area (Å²) in [6.07, 6.45) is 1.11. The summed E-state index contributed by atoms with van der Waals surface area (Å²) >= 11 is 0. The molecule has 1 aliphatic carbocycles. The summed E-state index contributed by atoms with van der Waals surface area (Å²) in [5.74, 6) is 0.530. The molecule has 0 saturated heterocycles. The summed E-state index contributed by atoms with van der Waals surface area (Å²) in [4.78, 5) is 9.88. The Morgan fingerprint density at radius 2 is 1.53 bits per heavy atom. The summed E-state index contributed by atoms with van der Waals surface area (Å²) in [5, 5.41) is 0.0998. The molecule has 0 aliphatic heterocycles. The minimum atomic E-state index is -1.04. The van der Waals surface area contributed by atoms with Crippen molar-refractivity contribution >= 4 is 9.76 Å². The van der Waals surface area contributed by atoms with Crippen molar-refractivity contribution in [2.75, 3.05) is 0 Å². The van der Waals surface area contributed by atoms with Crippen LogP contribution >= 0.6 is 0 Å². The predicted octanol–water partition coefficient (Wildman–Crippen LogP) is 2.15. The van der Waals surface area contributed by atoms with Crippen LogP contribution in [0.2, 0.25) is 0 Å². The van der Waals surface area contributed by atoms with Gasteiger partial charge in [-0.25, -0.2) is 0 Å². The molecule has 17 heavy (non-hydrogen) atoms. The minimum absolute atomic E-state index is 0.0998. The van der Waals surface area contributed by atoms with E-state index in [1.165, 1.54) is 11.1 Å². The van der Waals surface area contributed by atoms with Crippen molar-refractivity contribution in [3.05, 3.63) is 71.8 Å². The molecule has 0 spiro atoms. The smallest absolute Gasteiger partial charge is 0.167 e. The average molecular weight is 240 g/mol. The second kappa shape index (κ2) is 4.13. The molecule has 2 unspecified atom stereocenters. The normalized spacial score (nSPS) is 27.5. The second-order valence-electron chi connectivity index (χ2n) is 4.85. The zero-order chi connectivity index (χ0) is 11.7. The van der Waals surface area contributed by atoms with Gasteiger partial charge in [-0.1, -0.05) is 60.7 Å². The summed E-state index contributed by atoms with van der Waals surface area (Å²) in [5.41, 5.74) is 2.70. The van der Waals surface area contributed by atoms with Gasteiger partial charge in [-0.15, -0.1) is 0 Å². The summed E-state index contributed by atoms with van der Waals surface area (Å²) in [6.45, 7) is 0. The Morgan fingerprint density at radius 1 is 0.941 bits per heavy atom. The standard InChI is InChI=1S/C15H16OSi/c16-17-15(13-9-5-2-6-10-13)11-14(15)12-7-3-1-4-8-12/h1-10,14,16H,11,17H2. The van der Waals surface area contributed by atoms with Gasteiger partial charge in [0.05, 0.1) is 0 Å². The quantitative estimate of drug-likeness (QED) is 0.815. The fourth-order valence-electron chi connectivity index (χ4n) is 2.78. The number of hydrogen-bond donors (Lipinski definition) is 1. The van der Waals surface area contributed by atoms with Crippen LogP contribution in [0.15, 0.2) is 60.7 Å². The van der Waals surface area contributed by atoms with Gasteiger partial charge in [0, 0.05) is 5.04 Å². The summed E-state index contributed by atoms with van der Waals surface area (Å²) in [7, 11) is -1.04. The first-order valence-electron chi connectivity index (χ1n) is 6.08. The molecule has 86 valence electrons. The highest BCUT2D eigenvalue weighted by Gasteiger charge is 2.55. The van der Waals surface area contributed by atoms with Gasteiger partial charge in [0.15, 0.2) is 9.76 Å². The maximum absolute atomic E-state index is 9.88. The van der Waals surface area contributed by atoms with Crippen LogP contribution in [0.25, 0.3) is 0 Å². The Morgan fingerprint density at radius 3 is 2.12 bits per heavy atom. The lowest BCUT2D eigenvalue weighted by molar-refractivity contribution is 0.574. The van der Waals surface area contributed by atoms with Crippen LogP contribution < -0.4 is 0 Å². The highest BCUT2D eigenvalue weighted by molar-refractivity contribution is 6.33. The molecule has 0 amide bonds. The van der Waals surface area contributed by atoms with E-state index in [0.29, 0.717) is 5.92 Å². The van der Waals surface area contributed by atoms with Crippen LogP contribution in [-0.4, -0.2) is 14.6 Å². The van der Waals surface area contributed by atoms with Crippen molar-refractivity contribution in [3.63, 3.8) is 0 Å². The highest BCUT2D eigenvalue weighted by Crippen LogP contribution is 2.59. The minimum Gasteiger partial charge on any atom is -0.437 e. The van der Waals surface area contributed by atoms with Gasteiger partial charge in [-0.2, -0.15) is 0 Å². The number of rotatable bonds is 3. The van der Waals surface area contributed by atoms with E-state index in [9.17, 15) is 4.80 Å². The average Bonchev–Trinajstić information content (AvgIpc) is 3.17. The molecule has 1 N–H and O–H groups in total.